The predicted molar refractivity (Wildman–Crippen MR) is 101 cm³/mol. The van der Waals surface area contributed by atoms with Crippen molar-refractivity contribution in [3.8, 4) is 0 Å². The molecule has 0 bridgehead atoms. The summed E-state index contributed by atoms with van der Waals surface area (Å²) in [4.78, 5) is 4.29. The number of aromatic nitrogens is 2. The van der Waals surface area contributed by atoms with Crippen LogP contribution in [0.3, 0.4) is 0 Å². The minimum atomic E-state index is 0.293. The minimum absolute atomic E-state index is 0.293. The average molecular weight is 338 g/mol. The van der Waals surface area contributed by atoms with Crippen molar-refractivity contribution < 1.29 is 4.74 Å². The molecular weight excluding hydrogens is 302 g/mol. The van der Waals surface area contributed by atoms with Crippen LogP contribution < -0.4 is 10.6 Å². The number of guanidine groups is 1. The molecule has 138 valence electrons. The Balaban J connectivity index is 2.37. The molecule has 2 N–H and O–H groups in total. The number of aliphatic imine (C=N–C) groups is 1. The summed E-state index contributed by atoms with van der Waals surface area (Å²) in [5.74, 6) is 1.37. The van der Waals surface area contributed by atoms with Crippen LogP contribution in [0.15, 0.2) is 4.99 Å². The van der Waals surface area contributed by atoms with E-state index in [0.29, 0.717) is 12.0 Å². The first-order valence-corrected chi connectivity index (χ1v) is 8.95. The molecule has 1 aromatic heterocycles. The quantitative estimate of drug-likeness (QED) is 0.536. The van der Waals surface area contributed by atoms with E-state index in [0.717, 1.165) is 44.2 Å². The molecule has 1 atom stereocenters. The lowest BCUT2D eigenvalue weighted by atomic mass is 10.0. The molecule has 0 saturated carbocycles. The number of aryl methyl sites for hydroxylation is 2. The lowest BCUT2D eigenvalue weighted by Crippen LogP contribution is -2.40. The summed E-state index contributed by atoms with van der Waals surface area (Å²) in [6.07, 6.45) is 2.22. The molecule has 1 unspecified atom stereocenters. The highest BCUT2D eigenvalue weighted by molar-refractivity contribution is 5.79. The molecule has 0 saturated heterocycles. The maximum atomic E-state index is 5.78. The van der Waals surface area contributed by atoms with Crippen molar-refractivity contribution in [1.82, 2.24) is 20.4 Å². The van der Waals surface area contributed by atoms with Crippen LogP contribution in [0.5, 0.6) is 0 Å². The first kappa shape index (κ1) is 20.5. The van der Waals surface area contributed by atoms with Crippen LogP contribution in [0.4, 0.5) is 0 Å². The molecule has 1 rings (SSSR count). The summed E-state index contributed by atoms with van der Waals surface area (Å²) in [6, 6.07) is 0. The van der Waals surface area contributed by atoms with Crippen LogP contribution in [0, 0.1) is 19.8 Å². The molecule has 24 heavy (non-hydrogen) atoms. The Morgan fingerprint density at radius 3 is 2.42 bits per heavy atom. The second-order valence-corrected chi connectivity index (χ2v) is 6.48. The summed E-state index contributed by atoms with van der Waals surface area (Å²) in [6.45, 7) is 13.1. The molecule has 1 aromatic rings. The summed E-state index contributed by atoms with van der Waals surface area (Å²) < 4.78 is 7.72. The van der Waals surface area contributed by atoms with Gasteiger partial charge in [0.1, 0.15) is 0 Å². The van der Waals surface area contributed by atoms with Crippen LogP contribution in [0.1, 0.15) is 44.1 Å². The average Bonchev–Trinajstić information content (AvgIpc) is 2.78. The lowest BCUT2D eigenvalue weighted by Gasteiger charge is -2.21. The molecule has 0 aliphatic carbocycles. The van der Waals surface area contributed by atoms with E-state index in [2.05, 4.69) is 48.4 Å². The first-order chi connectivity index (χ1) is 11.4. The van der Waals surface area contributed by atoms with Crippen LogP contribution in [0.25, 0.3) is 0 Å². The van der Waals surface area contributed by atoms with Gasteiger partial charge >= 0.3 is 0 Å². The summed E-state index contributed by atoms with van der Waals surface area (Å²) in [5, 5.41) is 11.2. The van der Waals surface area contributed by atoms with Gasteiger partial charge in [-0.15, -0.1) is 0 Å². The maximum Gasteiger partial charge on any atom is 0.190 e. The van der Waals surface area contributed by atoms with Crippen molar-refractivity contribution in [2.24, 2.45) is 18.0 Å². The van der Waals surface area contributed by atoms with Crippen molar-refractivity contribution in [3.05, 3.63) is 17.0 Å². The van der Waals surface area contributed by atoms with E-state index in [-0.39, 0.29) is 0 Å². The van der Waals surface area contributed by atoms with Crippen molar-refractivity contribution in [2.45, 2.75) is 53.6 Å². The van der Waals surface area contributed by atoms with Gasteiger partial charge in [-0.2, -0.15) is 5.10 Å². The van der Waals surface area contributed by atoms with Gasteiger partial charge in [-0.1, -0.05) is 13.8 Å². The number of rotatable bonds is 9. The lowest BCUT2D eigenvalue weighted by molar-refractivity contribution is 0.0258. The third kappa shape index (κ3) is 6.15. The molecular formula is C18H35N5O. The Bertz CT molecular complexity index is 522. The second kappa shape index (κ2) is 10.3. The van der Waals surface area contributed by atoms with E-state index in [1.54, 1.807) is 7.05 Å². The van der Waals surface area contributed by atoms with Crippen LogP contribution in [-0.2, 0) is 18.2 Å². The molecule has 0 aliphatic heterocycles. The number of hydrogen-bond acceptors (Lipinski definition) is 3. The summed E-state index contributed by atoms with van der Waals surface area (Å²) >= 11 is 0. The molecule has 6 heteroatoms. The zero-order chi connectivity index (χ0) is 18.1. The third-order valence-electron chi connectivity index (χ3n) is 4.40. The Morgan fingerprint density at radius 2 is 1.92 bits per heavy atom. The molecule has 6 nitrogen and oxygen atoms in total. The number of hydrogen-bond donors (Lipinski definition) is 2. The van der Waals surface area contributed by atoms with Crippen LogP contribution >= 0.6 is 0 Å². The Morgan fingerprint density at radius 1 is 1.25 bits per heavy atom. The highest BCUT2D eigenvalue weighted by Crippen LogP contribution is 2.12. The van der Waals surface area contributed by atoms with Gasteiger partial charge in [-0.3, -0.25) is 9.67 Å². The fraction of sp³-hybridized carbons (Fsp3) is 0.778. The van der Waals surface area contributed by atoms with Crippen molar-refractivity contribution >= 4 is 5.96 Å². The van der Waals surface area contributed by atoms with Gasteiger partial charge in [0.15, 0.2) is 5.96 Å². The molecule has 0 spiro atoms. The second-order valence-electron chi connectivity index (χ2n) is 6.48. The molecule has 0 aromatic carbocycles. The predicted octanol–water partition coefficient (Wildman–Crippen LogP) is 2.20. The van der Waals surface area contributed by atoms with E-state index in [1.807, 2.05) is 18.7 Å². The highest BCUT2D eigenvalue weighted by Gasteiger charge is 2.13. The topological polar surface area (TPSA) is 63.5 Å². The largest absolute Gasteiger partial charge is 0.378 e. The summed E-state index contributed by atoms with van der Waals surface area (Å²) in [7, 11) is 3.79. The highest BCUT2D eigenvalue weighted by atomic mass is 16.5. The van der Waals surface area contributed by atoms with E-state index in [1.165, 1.54) is 11.3 Å². The maximum absolute atomic E-state index is 5.78. The van der Waals surface area contributed by atoms with Crippen molar-refractivity contribution in [2.75, 3.05) is 26.7 Å². The SMILES string of the molecule is CCOC(CCNC(=NC)NCCc1c(C)nn(C)c1C)C(C)C. The van der Waals surface area contributed by atoms with E-state index in [4.69, 9.17) is 4.74 Å². The van der Waals surface area contributed by atoms with Gasteiger partial charge in [0, 0.05) is 39.5 Å². The first-order valence-electron chi connectivity index (χ1n) is 8.95. The fourth-order valence-corrected chi connectivity index (χ4v) is 2.86. The van der Waals surface area contributed by atoms with Gasteiger partial charge < -0.3 is 15.4 Å². The molecule has 0 aliphatic rings. The fourth-order valence-electron chi connectivity index (χ4n) is 2.86. The van der Waals surface area contributed by atoms with E-state index >= 15 is 0 Å². The van der Waals surface area contributed by atoms with Gasteiger partial charge in [0.25, 0.3) is 0 Å². The number of nitrogens with zero attached hydrogens (tertiary/aromatic N) is 3. The molecule has 1 heterocycles. The van der Waals surface area contributed by atoms with Crippen molar-refractivity contribution in [3.63, 3.8) is 0 Å². The molecule has 0 amide bonds. The summed E-state index contributed by atoms with van der Waals surface area (Å²) in [5.41, 5.74) is 3.65. The molecule has 0 fully saturated rings. The van der Waals surface area contributed by atoms with E-state index in [9.17, 15) is 0 Å². The van der Waals surface area contributed by atoms with Gasteiger partial charge in [0.05, 0.1) is 11.8 Å². The monoisotopic (exact) mass is 337 g/mol. The van der Waals surface area contributed by atoms with Gasteiger partial charge in [-0.05, 0) is 45.1 Å². The minimum Gasteiger partial charge on any atom is -0.378 e. The molecule has 0 radical (unpaired) electrons. The van der Waals surface area contributed by atoms with Crippen molar-refractivity contribution in [1.29, 1.82) is 0 Å². The van der Waals surface area contributed by atoms with Gasteiger partial charge in [-0.25, -0.2) is 0 Å². The van der Waals surface area contributed by atoms with E-state index < -0.39 is 0 Å². The zero-order valence-electron chi connectivity index (χ0n) is 16.4. The Labute approximate surface area is 147 Å². The Kier molecular flexibility index (Phi) is 8.82. The van der Waals surface area contributed by atoms with Crippen LogP contribution in [0.2, 0.25) is 0 Å². The standard InChI is InChI=1S/C18H35N5O/c1-8-24-17(13(2)3)10-12-21-18(19-6)20-11-9-16-14(4)22-23(7)15(16)5/h13,17H,8-12H2,1-7H3,(H2,19,20,21). The smallest absolute Gasteiger partial charge is 0.190 e. The Hall–Kier alpha value is -1.56. The normalized spacial score (nSPS) is 13.4. The van der Waals surface area contributed by atoms with Gasteiger partial charge in [0.2, 0.25) is 0 Å². The third-order valence-corrected chi connectivity index (χ3v) is 4.40. The van der Waals surface area contributed by atoms with Crippen LogP contribution in [-0.4, -0.2) is 48.6 Å². The zero-order valence-corrected chi connectivity index (χ0v) is 16.4. The number of nitrogens with one attached hydrogen (secondary N) is 2. The number of ether oxygens (including phenoxy) is 1.